The highest BCUT2D eigenvalue weighted by atomic mass is 32.2. The van der Waals surface area contributed by atoms with Crippen LogP contribution in [0.3, 0.4) is 0 Å². The third kappa shape index (κ3) is 4.21. The van der Waals surface area contributed by atoms with Crippen LogP contribution in [-0.4, -0.2) is 26.4 Å². The van der Waals surface area contributed by atoms with E-state index in [1.54, 1.807) is 35.6 Å². The Hall–Kier alpha value is -3.41. The second-order valence-electron chi connectivity index (χ2n) is 5.95. The molecule has 1 N–H and O–H groups in total. The first kappa shape index (κ1) is 18.9. The summed E-state index contributed by atoms with van der Waals surface area (Å²) in [7, 11) is 0. The molecule has 4 rings (SSSR count). The van der Waals surface area contributed by atoms with Crippen molar-refractivity contribution in [3.05, 3.63) is 77.7 Å². The molecule has 4 aromatic rings. The molecule has 6 nitrogen and oxygen atoms in total. The van der Waals surface area contributed by atoms with Crippen LogP contribution in [0.15, 0.2) is 77.3 Å². The predicted molar refractivity (Wildman–Crippen MR) is 115 cm³/mol. The predicted octanol–water partition coefficient (Wildman–Crippen LogP) is 4.60. The minimum Gasteiger partial charge on any atom is -0.324 e. The van der Waals surface area contributed by atoms with E-state index in [1.165, 1.54) is 11.8 Å². The summed E-state index contributed by atoms with van der Waals surface area (Å²) < 4.78 is 1.95. The zero-order chi connectivity index (χ0) is 20.1. The number of para-hydroxylation sites is 2. The zero-order valence-electron chi connectivity index (χ0n) is 15.1. The first-order valence-electron chi connectivity index (χ1n) is 8.73. The van der Waals surface area contributed by atoms with E-state index in [1.807, 2.05) is 52.4 Å². The smallest absolute Gasteiger partial charge is 0.234 e. The van der Waals surface area contributed by atoms with E-state index >= 15 is 0 Å². The Morgan fingerprint density at radius 2 is 1.86 bits per heavy atom. The van der Waals surface area contributed by atoms with Gasteiger partial charge < -0.3 is 5.32 Å². The lowest BCUT2D eigenvalue weighted by molar-refractivity contribution is -0.113. The highest BCUT2D eigenvalue weighted by Gasteiger charge is 2.18. The number of anilines is 1. The third-order valence-electron chi connectivity index (χ3n) is 4.04. The summed E-state index contributed by atoms with van der Waals surface area (Å²) in [6.45, 7) is 0. The molecule has 0 bridgehead atoms. The fourth-order valence-electron chi connectivity index (χ4n) is 2.74. The number of thioether (sulfide) groups is 1. The summed E-state index contributed by atoms with van der Waals surface area (Å²) in [5, 5.41) is 23.2. The Morgan fingerprint density at radius 1 is 1.07 bits per heavy atom. The maximum absolute atomic E-state index is 12.4. The van der Waals surface area contributed by atoms with E-state index in [0.717, 1.165) is 16.4 Å². The number of rotatable bonds is 6. The summed E-state index contributed by atoms with van der Waals surface area (Å²) in [6.07, 6.45) is 0. The Bertz CT molecular complexity index is 1160. The van der Waals surface area contributed by atoms with Gasteiger partial charge in [0.15, 0.2) is 11.0 Å². The van der Waals surface area contributed by atoms with Crippen molar-refractivity contribution in [3.8, 4) is 22.5 Å². The molecule has 0 unspecified atom stereocenters. The van der Waals surface area contributed by atoms with E-state index < -0.39 is 0 Å². The van der Waals surface area contributed by atoms with Gasteiger partial charge >= 0.3 is 0 Å². The molecule has 0 atom stereocenters. The molecule has 142 valence electrons. The van der Waals surface area contributed by atoms with Crippen molar-refractivity contribution in [3.63, 3.8) is 0 Å². The number of thiophene rings is 1. The molecule has 8 heteroatoms. The maximum atomic E-state index is 12.4. The summed E-state index contributed by atoms with van der Waals surface area (Å²) in [5.41, 5.74) is 1.86. The largest absolute Gasteiger partial charge is 0.324 e. The SMILES string of the molecule is N#Cc1ccccc1NC(=O)CSc1nnc(-c2cccs2)n1-c1ccccc1. The molecule has 0 spiro atoms. The highest BCUT2D eigenvalue weighted by Crippen LogP contribution is 2.30. The van der Waals surface area contributed by atoms with Crippen molar-refractivity contribution in [1.82, 2.24) is 14.8 Å². The van der Waals surface area contributed by atoms with Gasteiger partial charge in [0, 0.05) is 5.69 Å². The average molecular weight is 418 g/mol. The molecule has 1 amide bonds. The lowest BCUT2D eigenvalue weighted by Crippen LogP contribution is -2.15. The van der Waals surface area contributed by atoms with Gasteiger partial charge in [0.1, 0.15) is 6.07 Å². The molecule has 0 radical (unpaired) electrons. The fourth-order valence-corrected chi connectivity index (χ4v) is 4.19. The van der Waals surface area contributed by atoms with Crippen LogP contribution in [-0.2, 0) is 4.79 Å². The van der Waals surface area contributed by atoms with Crippen LogP contribution in [0.2, 0.25) is 0 Å². The third-order valence-corrected chi connectivity index (χ3v) is 5.84. The highest BCUT2D eigenvalue weighted by molar-refractivity contribution is 7.99. The average Bonchev–Trinajstić information content (AvgIpc) is 3.43. The number of hydrogen-bond donors (Lipinski definition) is 1. The number of carbonyl (C=O) groups is 1. The topological polar surface area (TPSA) is 83.6 Å². The molecular weight excluding hydrogens is 402 g/mol. The Morgan fingerprint density at radius 3 is 2.62 bits per heavy atom. The molecule has 0 fully saturated rings. The lowest BCUT2D eigenvalue weighted by Gasteiger charge is -2.10. The molecule has 0 aliphatic carbocycles. The Kier molecular flexibility index (Phi) is 5.70. The van der Waals surface area contributed by atoms with Gasteiger partial charge in [-0.25, -0.2) is 0 Å². The van der Waals surface area contributed by atoms with Crippen LogP contribution in [0, 0.1) is 11.3 Å². The Labute approximate surface area is 175 Å². The van der Waals surface area contributed by atoms with Crippen LogP contribution in [0.4, 0.5) is 5.69 Å². The van der Waals surface area contributed by atoms with Gasteiger partial charge in [-0.2, -0.15) is 5.26 Å². The summed E-state index contributed by atoms with van der Waals surface area (Å²) in [5.74, 6) is 0.678. The van der Waals surface area contributed by atoms with Gasteiger partial charge in [-0.05, 0) is 35.7 Å². The number of hydrogen-bond acceptors (Lipinski definition) is 6. The molecule has 0 saturated carbocycles. The molecule has 0 aliphatic heterocycles. The number of carbonyl (C=O) groups excluding carboxylic acids is 1. The first-order valence-corrected chi connectivity index (χ1v) is 10.6. The van der Waals surface area contributed by atoms with Crippen molar-refractivity contribution >= 4 is 34.7 Å². The molecule has 0 saturated heterocycles. The quantitative estimate of drug-likeness (QED) is 0.464. The van der Waals surface area contributed by atoms with Gasteiger partial charge in [-0.1, -0.05) is 48.2 Å². The van der Waals surface area contributed by atoms with Crippen LogP contribution in [0.1, 0.15) is 5.56 Å². The van der Waals surface area contributed by atoms with Crippen LogP contribution in [0.25, 0.3) is 16.4 Å². The molecule has 0 aliphatic rings. The second kappa shape index (κ2) is 8.73. The monoisotopic (exact) mass is 417 g/mol. The number of nitriles is 1. The van der Waals surface area contributed by atoms with Gasteiger partial charge in [0.2, 0.25) is 5.91 Å². The van der Waals surface area contributed by atoms with Crippen LogP contribution < -0.4 is 5.32 Å². The Balaban J connectivity index is 1.56. The van der Waals surface area contributed by atoms with Crippen molar-refractivity contribution < 1.29 is 4.79 Å². The normalized spacial score (nSPS) is 10.4. The van der Waals surface area contributed by atoms with Crippen LogP contribution >= 0.6 is 23.1 Å². The lowest BCUT2D eigenvalue weighted by atomic mass is 10.2. The molecular formula is C21H15N5OS2. The number of nitrogens with one attached hydrogen (secondary N) is 1. The van der Waals surface area contributed by atoms with Gasteiger partial charge in [0.05, 0.1) is 21.9 Å². The summed E-state index contributed by atoms with van der Waals surface area (Å²) >= 11 is 2.89. The number of nitrogens with zero attached hydrogens (tertiary/aromatic N) is 4. The van der Waals surface area contributed by atoms with Crippen molar-refractivity contribution in [2.45, 2.75) is 5.16 Å². The first-order chi connectivity index (χ1) is 14.3. The van der Waals surface area contributed by atoms with Crippen molar-refractivity contribution in [1.29, 1.82) is 5.26 Å². The van der Waals surface area contributed by atoms with Crippen molar-refractivity contribution in [2.24, 2.45) is 0 Å². The molecule has 2 heterocycles. The molecule has 29 heavy (non-hydrogen) atoms. The van der Waals surface area contributed by atoms with E-state index in [9.17, 15) is 4.79 Å². The number of aromatic nitrogens is 3. The van der Waals surface area contributed by atoms with E-state index in [-0.39, 0.29) is 11.7 Å². The maximum Gasteiger partial charge on any atom is 0.234 e. The van der Waals surface area contributed by atoms with Crippen LogP contribution in [0.5, 0.6) is 0 Å². The van der Waals surface area contributed by atoms with E-state index in [0.29, 0.717) is 16.4 Å². The second-order valence-corrected chi connectivity index (χ2v) is 7.84. The minimum absolute atomic E-state index is 0.148. The van der Waals surface area contributed by atoms with E-state index in [4.69, 9.17) is 5.26 Å². The van der Waals surface area contributed by atoms with Gasteiger partial charge in [0.25, 0.3) is 0 Å². The van der Waals surface area contributed by atoms with E-state index in [2.05, 4.69) is 21.6 Å². The fraction of sp³-hybridized carbons (Fsp3) is 0.0476. The molecule has 2 aromatic heterocycles. The number of amides is 1. The summed E-state index contributed by atoms with van der Waals surface area (Å²) in [6, 6.07) is 22.8. The van der Waals surface area contributed by atoms with Gasteiger partial charge in [-0.3, -0.25) is 9.36 Å². The van der Waals surface area contributed by atoms with Gasteiger partial charge in [-0.15, -0.1) is 21.5 Å². The molecule has 2 aromatic carbocycles. The zero-order valence-corrected chi connectivity index (χ0v) is 16.8. The summed E-state index contributed by atoms with van der Waals surface area (Å²) in [4.78, 5) is 13.4. The minimum atomic E-state index is -0.210. The van der Waals surface area contributed by atoms with Crippen molar-refractivity contribution in [2.75, 3.05) is 11.1 Å². The number of benzene rings is 2. The standard InChI is InChI=1S/C21H15N5OS2/c22-13-15-7-4-5-10-17(15)23-19(27)14-29-21-25-24-20(18-11-6-12-28-18)26(21)16-8-2-1-3-9-16/h1-12H,14H2,(H,23,27).